The Labute approximate surface area is 220 Å². The molecule has 0 spiro atoms. The van der Waals surface area contributed by atoms with Gasteiger partial charge in [-0.2, -0.15) is 8.78 Å². The van der Waals surface area contributed by atoms with Crippen molar-refractivity contribution in [2.45, 2.75) is 57.7 Å². The minimum atomic E-state index is -1.14. The lowest BCUT2D eigenvalue weighted by atomic mass is 9.76. The molecule has 1 saturated carbocycles. The van der Waals surface area contributed by atoms with Gasteiger partial charge in [0, 0.05) is 5.56 Å². The van der Waals surface area contributed by atoms with Crippen LogP contribution in [-0.2, 0) is 6.61 Å². The molecule has 0 aliphatic heterocycles. The number of hydrogen-bond acceptors (Lipinski definition) is 3. The van der Waals surface area contributed by atoms with E-state index in [1.165, 1.54) is 12.1 Å². The zero-order valence-corrected chi connectivity index (χ0v) is 21.4. The third-order valence-corrected chi connectivity index (χ3v) is 7.26. The van der Waals surface area contributed by atoms with Crippen molar-refractivity contribution in [2.24, 2.45) is 5.92 Å². The van der Waals surface area contributed by atoms with E-state index < -0.39 is 23.3 Å². The van der Waals surface area contributed by atoms with E-state index in [-0.39, 0.29) is 48.2 Å². The molecule has 0 bridgehead atoms. The summed E-state index contributed by atoms with van der Waals surface area (Å²) in [5.41, 5.74) is 1.67. The zero-order chi connectivity index (χ0) is 27.2. The molecule has 1 N–H and O–H groups in total. The Morgan fingerprint density at radius 3 is 2.08 bits per heavy atom. The largest absolute Gasteiger partial charge is 0.490 e. The lowest BCUT2D eigenvalue weighted by molar-refractivity contribution is 0.0964. The van der Waals surface area contributed by atoms with Gasteiger partial charge in [0.15, 0.2) is 23.1 Å². The molecule has 0 heterocycles. The monoisotopic (exact) mass is 528 g/mol. The lowest BCUT2D eigenvalue weighted by Gasteiger charge is -2.30. The maximum Gasteiger partial charge on any atom is 0.204 e. The predicted octanol–water partition coefficient (Wildman–Crippen LogP) is 8.10. The second-order valence-corrected chi connectivity index (χ2v) is 9.78. The summed E-state index contributed by atoms with van der Waals surface area (Å²) in [6, 6.07) is 12.5. The number of ether oxygens (including phenoxy) is 2. The van der Waals surface area contributed by atoms with Crippen LogP contribution in [0.2, 0.25) is 0 Å². The summed E-state index contributed by atoms with van der Waals surface area (Å²) in [5, 5.41) is 9.79. The summed E-state index contributed by atoms with van der Waals surface area (Å²) in [5.74, 6) is -4.30. The maximum atomic E-state index is 15.1. The average Bonchev–Trinajstić information content (AvgIpc) is 2.92. The molecule has 0 amide bonds. The molecule has 1 fully saturated rings. The van der Waals surface area contributed by atoms with Crippen LogP contribution >= 0.6 is 0 Å². The fraction of sp³-hybridized carbons (Fsp3) is 0.355. The second kappa shape index (κ2) is 12.5. The highest BCUT2D eigenvalue weighted by Gasteiger charge is 2.28. The van der Waals surface area contributed by atoms with E-state index in [1.807, 2.05) is 0 Å². The number of halogens is 4. The van der Waals surface area contributed by atoms with Crippen molar-refractivity contribution in [2.75, 3.05) is 6.61 Å². The Kier molecular flexibility index (Phi) is 9.10. The Morgan fingerprint density at radius 2 is 1.47 bits per heavy atom. The highest BCUT2D eigenvalue weighted by Crippen LogP contribution is 2.40. The fourth-order valence-corrected chi connectivity index (χ4v) is 4.95. The molecule has 0 aromatic heterocycles. The van der Waals surface area contributed by atoms with Gasteiger partial charge in [0.2, 0.25) is 11.6 Å². The summed E-state index contributed by atoms with van der Waals surface area (Å²) in [7, 11) is 0. The number of aliphatic hydroxyl groups excluding tert-OH is 1. The summed E-state index contributed by atoms with van der Waals surface area (Å²) >= 11 is 0. The molecule has 3 aromatic rings. The molecule has 1 aliphatic carbocycles. The van der Waals surface area contributed by atoms with Crippen LogP contribution in [0.1, 0.15) is 56.1 Å². The van der Waals surface area contributed by atoms with E-state index in [0.717, 1.165) is 25.7 Å². The Balaban J connectivity index is 1.41. The SMILES string of the molecule is C=CCCOc1ccc(OCc2ccc(-c3ccc(C4CCC(C(C)O)CC4)c(F)c3F)cc2)c(F)c1F. The molecular formula is C31H32F4O3. The van der Waals surface area contributed by atoms with E-state index in [2.05, 4.69) is 6.58 Å². The van der Waals surface area contributed by atoms with Crippen LogP contribution in [0.5, 0.6) is 11.5 Å². The van der Waals surface area contributed by atoms with Gasteiger partial charge in [0.1, 0.15) is 6.61 Å². The van der Waals surface area contributed by atoms with Crippen molar-refractivity contribution in [3.63, 3.8) is 0 Å². The van der Waals surface area contributed by atoms with Crippen LogP contribution in [0, 0.1) is 29.2 Å². The summed E-state index contributed by atoms with van der Waals surface area (Å²) < 4.78 is 69.3. The Hall–Kier alpha value is -3.32. The molecule has 1 unspecified atom stereocenters. The van der Waals surface area contributed by atoms with Crippen molar-refractivity contribution in [3.8, 4) is 22.6 Å². The molecule has 3 nitrogen and oxygen atoms in total. The van der Waals surface area contributed by atoms with Gasteiger partial charge in [-0.05, 0) is 79.7 Å². The summed E-state index contributed by atoms with van der Waals surface area (Å²) in [4.78, 5) is 0. The number of rotatable bonds is 10. The van der Waals surface area contributed by atoms with Gasteiger partial charge in [-0.25, -0.2) is 8.78 Å². The molecule has 4 rings (SSSR count). The number of benzene rings is 3. The van der Waals surface area contributed by atoms with Crippen molar-refractivity contribution in [1.29, 1.82) is 0 Å². The van der Waals surface area contributed by atoms with E-state index in [9.17, 15) is 13.9 Å². The van der Waals surface area contributed by atoms with Crippen molar-refractivity contribution in [1.82, 2.24) is 0 Å². The Bertz CT molecular complexity index is 1250. The van der Waals surface area contributed by atoms with Gasteiger partial charge in [0.05, 0.1) is 12.7 Å². The number of hydrogen-bond donors (Lipinski definition) is 1. The first kappa shape index (κ1) is 27.7. The maximum absolute atomic E-state index is 15.1. The predicted molar refractivity (Wildman–Crippen MR) is 139 cm³/mol. The first-order chi connectivity index (χ1) is 18.3. The first-order valence-electron chi connectivity index (χ1n) is 12.9. The zero-order valence-electron chi connectivity index (χ0n) is 21.4. The standard InChI is InChI=1S/C31H32F4O3/c1-3-4-17-37-26-15-16-27(31(35)30(26)34)38-18-20-5-7-22(8-6-20)24-13-14-25(29(33)28(24)32)23-11-9-21(10-12-23)19(2)36/h3,5-8,13-16,19,21,23,36H,1,4,9-12,17-18H2,2H3. The third kappa shape index (κ3) is 6.21. The molecule has 1 atom stereocenters. The molecule has 7 heteroatoms. The van der Waals surface area contributed by atoms with Crippen LogP contribution in [0.3, 0.4) is 0 Å². The third-order valence-electron chi connectivity index (χ3n) is 7.26. The van der Waals surface area contributed by atoms with Gasteiger partial charge in [-0.1, -0.05) is 42.5 Å². The van der Waals surface area contributed by atoms with Gasteiger partial charge < -0.3 is 14.6 Å². The Morgan fingerprint density at radius 1 is 0.842 bits per heavy atom. The van der Waals surface area contributed by atoms with Gasteiger partial charge in [-0.3, -0.25) is 0 Å². The quantitative estimate of drug-likeness (QED) is 0.164. The van der Waals surface area contributed by atoms with E-state index in [4.69, 9.17) is 9.47 Å². The fourth-order valence-electron chi connectivity index (χ4n) is 4.95. The smallest absolute Gasteiger partial charge is 0.204 e. The van der Waals surface area contributed by atoms with E-state index in [0.29, 0.717) is 23.1 Å². The summed E-state index contributed by atoms with van der Waals surface area (Å²) in [6.45, 7) is 5.46. The molecule has 202 valence electrons. The van der Waals surface area contributed by atoms with Gasteiger partial charge >= 0.3 is 0 Å². The minimum absolute atomic E-state index is 0.0434. The first-order valence-corrected chi connectivity index (χ1v) is 12.9. The molecular weight excluding hydrogens is 496 g/mol. The normalized spacial score (nSPS) is 18.2. The molecule has 0 radical (unpaired) electrons. The highest BCUT2D eigenvalue weighted by atomic mass is 19.2. The molecule has 3 aromatic carbocycles. The van der Waals surface area contributed by atoms with Gasteiger partial charge in [-0.15, -0.1) is 6.58 Å². The van der Waals surface area contributed by atoms with Crippen molar-refractivity contribution >= 4 is 0 Å². The average molecular weight is 529 g/mol. The van der Waals surface area contributed by atoms with Crippen molar-refractivity contribution in [3.05, 3.63) is 95.6 Å². The van der Waals surface area contributed by atoms with Crippen molar-refractivity contribution < 1.29 is 32.1 Å². The summed E-state index contributed by atoms with van der Waals surface area (Å²) in [6.07, 6.45) is 4.74. The van der Waals surface area contributed by atoms with E-state index >= 15 is 8.78 Å². The number of aliphatic hydroxyl groups is 1. The van der Waals surface area contributed by atoms with Crippen LogP contribution in [0.15, 0.2) is 61.2 Å². The van der Waals surface area contributed by atoms with Crippen LogP contribution < -0.4 is 9.47 Å². The van der Waals surface area contributed by atoms with Crippen LogP contribution in [-0.4, -0.2) is 17.8 Å². The van der Waals surface area contributed by atoms with Gasteiger partial charge in [0.25, 0.3) is 0 Å². The highest BCUT2D eigenvalue weighted by molar-refractivity contribution is 5.65. The molecule has 0 saturated heterocycles. The van der Waals surface area contributed by atoms with Crippen LogP contribution in [0.4, 0.5) is 17.6 Å². The molecule has 1 aliphatic rings. The van der Waals surface area contributed by atoms with E-state index in [1.54, 1.807) is 49.4 Å². The molecule has 38 heavy (non-hydrogen) atoms. The topological polar surface area (TPSA) is 38.7 Å². The lowest BCUT2D eigenvalue weighted by Crippen LogP contribution is -2.23. The van der Waals surface area contributed by atoms with Crippen LogP contribution in [0.25, 0.3) is 11.1 Å². The second-order valence-electron chi connectivity index (χ2n) is 9.78. The minimum Gasteiger partial charge on any atom is -0.490 e.